The second kappa shape index (κ2) is 7.02. The molecule has 1 aromatic carbocycles. The molecule has 1 aromatic rings. The normalized spacial score (nSPS) is 11.8. The highest BCUT2D eigenvalue weighted by molar-refractivity contribution is 6.42. The number of amides is 1. The molecule has 0 heterocycles. The number of halogens is 3. The zero-order valence-corrected chi connectivity index (χ0v) is 14.5. The minimum atomic E-state index is -0.581. The molecule has 0 atom stereocenters. The number of nitrogens with zero attached hydrogens (tertiary/aromatic N) is 1. The molecule has 2 nitrogen and oxygen atoms in total. The molecule has 1 rings (SSSR count). The first-order chi connectivity index (χ1) is 9.19. The number of carbonyl (C=O) groups excluding carboxylic acids is 1. The van der Waals surface area contributed by atoms with Crippen molar-refractivity contribution in [3.8, 4) is 0 Å². The van der Waals surface area contributed by atoms with Crippen molar-refractivity contribution in [2.45, 2.75) is 40.3 Å². The largest absolute Gasteiger partial charge is 0.335 e. The Balaban J connectivity index is 2.98. The lowest BCUT2D eigenvalue weighted by Crippen LogP contribution is -2.45. The van der Waals surface area contributed by atoms with Crippen LogP contribution in [0.4, 0.5) is 0 Å². The van der Waals surface area contributed by atoms with Crippen LogP contribution in [0.1, 0.15) is 33.3 Å². The van der Waals surface area contributed by atoms with Gasteiger partial charge in [0.15, 0.2) is 0 Å². The average molecular weight is 337 g/mol. The van der Waals surface area contributed by atoms with E-state index in [1.165, 1.54) is 0 Å². The SMILES string of the molecule is CC(C)N(Cc1ccc(Cl)c(Cl)c1)C(=O)C(C)(C)CCl. The molecule has 0 unspecified atom stereocenters. The van der Waals surface area contributed by atoms with Crippen LogP contribution in [0, 0.1) is 5.41 Å². The molecule has 0 aliphatic heterocycles. The summed E-state index contributed by atoms with van der Waals surface area (Å²) in [6, 6.07) is 5.50. The Bertz CT molecular complexity index is 486. The highest BCUT2D eigenvalue weighted by Gasteiger charge is 2.32. The number of rotatable bonds is 5. The summed E-state index contributed by atoms with van der Waals surface area (Å²) in [4.78, 5) is 14.4. The van der Waals surface area contributed by atoms with E-state index in [0.29, 0.717) is 16.6 Å². The van der Waals surface area contributed by atoms with Gasteiger partial charge in [0.05, 0.1) is 15.5 Å². The molecule has 0 aliphatic rings. The van der Waals surface area contributed by atoms with Crippen LogP contribution in [0.2, 0.25) is 10.0 Å². The van der Waals surface area contributed by atoms with Crippen LogP contribution in [-0.4, -0.2) is 22.7 Å². The van der Waals surface area contributed by atoms with Crippen molar-refractivity contribution in [3.05, 3.63) is 33.8 Å². The summed E-state index contributed by atoms with van der Waals surface area (Å²) in [5.41, 5.74) is 0.369. The van der Waals surface area contributed by atoms with Crippen LogP contribution in [0.15, 0.2) is 18.2 Å². The van der Waals surface area contributed by atoms with Gasteiger partial charge >= 0.3 is 0 Å². The van der Waals surface area contributed by atoms with E-state index in [4.69, 9.17) is 34.8 Å². The number of hydrogen-bond donors (Lipinski definition) is 0. The molecule has 0 bridgehead atoms. The van der Waals surface area contributed by atoms with E-state index in [0.717, 1.165) is 5.56 Å². The van der Waals surface area contributed by atoms with E-state index >= 15 is 0 Å². The topological polar surface area (TPSA) is 20.3 Å². The quantitative estimate of drug-likeness (QED) is 0.693. The zero-order chi connectivity index (χ0) is 15.5. The van der Waals surface area contributed by atoms with Crippen molar-refractivity contribution in [1.82, 2.24) is 4.90 Å². The standard InChI is InChI=1S/C15H20Cl3NO/c1-10(2)19(14(20)15(3,4)9-16)8-11-5-6-12(17)13(18)7-11/h5-7,10H,8-9H2,1-4H3. The van der Waals surface area contributed by atoms with E-state index in [2.05, 4.69) is 0 Å². The van der Waals surface area contributed by atoms with Crippen molar-refractivity contribution >= 4 is 40.7 Å². The van der Waals surface area contributed by atoms with Crippen molar-refractivity contribution < 1.29 is 4.79 Å². The van der Waals surface area contributed by atoms with Gasteiger partial charge in [0.2, 0.25) is 5.91 Å². The first kappa shape index (κ1) is 17.6. The summed E-state index contributed by atoms with van der Waals surface area (Å²) in [7, 11) is 0. The molecule has 112 valence electrons. The van der Waals surface area contributed by atoms with E-state index in [1.54, 1.807) is 12.1 Å². The fourth-order valence-corrected chi connectivity index (χ4v) is 2.20. The number of hydrogen-bond acceptors (Lipinski definition) is 1. The summed E-state index contributed by atoms with van der Waals surface area (Å²) in [5.74, 6) is 0.324. The van der Waals surface area contributed by atoms with E-state index < -0.39 is 5.41 Å². The molecule has 0 N–H and O–H groups in total. The predicted octanol–water partition coefficient (Wildman–Crippen LogP) is 5.00. The Morgan fingerprint density at radius 1 is 1.25 bits per heavy atom. The van der Waals surface area contributed by atoms with Gasteiger partial charge < -0.3 is 4.90 Å². The number of benzene rings is 1. The minimum Gasteiger partial charge on any atom is -0.335 e. The third-order valence-corrected chi connectivity index (χ3v) is 4.54. The molecule has 0 saturated carbocycles. The Hall–Kier alpha value is -0.440. The highest BCUT2D eigenvalue weighted by atomic mass is 35.5. The molecular weight excluding hydrogens is 317 g/mol. The molecule has 0 aliphatic carbocycles. The summed E-state index contributed by atoms with van der Waals surface area (Å²) in [6.07, 6.45) is 0. The summed E-state index contributed by atoms with van der Waals surface area (Å²) in [5, 5.41) is 1.01. The van der Waals surface area contributed by atoms with Gasteiger partial charge in [-0.1, -0.05) is 29.3 Å². The molecule has 20 heavy (non-hydrogen) atoms. The van der Waals surface area contributed by atoms with Crippen molar-refractivity contribution in [3.63, 3.8) is 0 Å². The average Bonchev–Trinajstić information content (AvgIpc) is 2.38. The van der Waals surface area contributed by atoms with Gasteiger partial charge in [-0.25, -0.2) is 0 Å². The summed E-state index contributed by atoms with van der Waals surface area (Å²) >= 11 is 17.8. The van der Waals surface area contributed by atoms with Crippen LogP contribution in [0.25, 0.3) is 0 Å². The van der Waals surface area contributed by atoms with Crippen LogP contribution >= 0.6 is 34.8 Å². The highest BCUT2D eigenvalue weighted by Crippen LogP contribution is 2.26. The molecule has 0 fully saturated rings. The second-order valence-electron chi connectivity index (χ2n) is 5.79. The van der Waals surface area contributed by atoms with Crippen LogP contribution in [0.3, 0.4) is 0 Å². The van der Waals surface area contributed by atoms with E-state index in [-0.39, 0.29) is 17.8 Å². The monoisotopic (exact) mass is 335 g/mol. The molecular formula is C15H20Cl3NO. The third kappa shape index (κ3) is 4.28. The molecule has 0 saturated heterocycles. The Labute approximate surface area is 136 Å². The van der Waals surface area contributed by atoms with Crippen molar-refractivity contribution in [1.29, 1.82) is 0 Å². The lowest BCUT2D eigenvalue weighted by molar-refractivity contribution is -0.141. The fraction of sp³-hybridized carbons (Fsp3) is 0.533. The molecule has 5 heteroatoms. The van der Waals surface area contributed by atoms with Gasteiger partial charge in [-0.3, -0.25) is 4.79 Å². The lowest BCUT2D eigenvalue weighted by atomic mass is 9.93. The summed E-state index contributed by atoms with van der Waals surface area (Å²) < 4.78 is 0. The Morgan fingerprint density at radius 3 is 2.30 bits per heavy atom. The maximum absolute atomic E-state index is 12.6. The predicted molar refractivity (Wildman–Crippen MR) is 86.6 cm³/mol. The maximum Gasteiger partial charge on any atom is 0.229 e. The molecule has 0 aromatic heterocycles. The number of alkyl halides is 1. The van der Waals surface area contributed by atoms with E-state index in [9.17, 15) is 4.79 Å². The lowest BCUT2D eigenvalue weighted by Gasteiger charge is -2.33. The van der Waals surface area contributed by atoms with E-state index in [1.807, 2.05) is 38.7 Å². The molecule has 0 spiro atoms. The van der Waals surface area contributed by atoms with Crippen LogP contribution in [0.5, 0.6) is 0 Å². The van der Waals surface area contributed by atoms with Crippen molar-refractivity contribution in [2.24, 2.45) is 5.41 Å². The smallest absolute Gasteiger partial charge is 0.229 e. The van der Waals surface area contributed by atoms with Gasteiger partial charge in [-0.05, 0) is 45.4 Å². The van der Waals surface area contributed by atoms with Gasteiger partial charge in [0, 0.05) is 18.5 Å². The maximum atomic E-state index is 12.6. The Morgan fingerprint density at radius 2 is 1.85 bits per heavy atom. The molecule has 1 amide bonds. The first-order valence-corrected chi connectivity index (χ1v) is 7.79. The van der Waals surface area contributed by atoms with Gasteiger partial charge in [-0.15, -0.1) is 11.6 Å². The van der Waals surface area contributed by atoms with Gasteiger partial charge in [0.25, 0.3) is 0 Å². The first-order valence-electron chi connectivity index (χ1n) is 6.50. The van der Waals surface area contributed by atoms with Crippen LogP contribution in [-0.2, 0) is 11.3 Å². The van der Waals surface area contributed by atoms with Crippen molar-refractivity contribution in [2.75, 3.05) is 5.88 Å². The number of carbonyl (C=O) groups is 1. The zero-order valence-electron chi connectivity index (χ0n) is 12.2. The minimum absolute atomic E-state index is 0.0357. The third-order valence-electron chi connectivity index (χ3n) is 3.13. The van der Waals surface area contributed by atoms with Crippen LogP contribution < -0.4 is 0 Å². The second-order valence-corrected chi connectivity index (χ2v) is 6.87. The molecule has 0 radical (unpaired) electrons. The fourth-order valence-electron chi connectivity index (χ4n) is 1.77. The van der Waals surface area contributed by atoms with Gasteiger partial charge in [-0.2, -0.15) is 0 Å². The Kier molecular flexibility index (Phi) is 6.18. The van der Waals surface area contributed by atoms with Gasteiger partial charge in [0.1, 0.15) is 0 Å². The summed E-state index contributed by atoms with van der Waals surface area (Å²) in [6.45, 7) is 8.17.